The Morgan fingerprint density at radius 2 is 2.31 bits per heavy atom. The van der Waals surface area contributed by atoms with Crippen molar-refractivity contribution in [1.82, 2.24) is 19.7 Å². The maximum Gasteiger partial charge on any atom is 0.164 e. The SMILES string of the molecule is Cc1c(Cl)cnnc1-n1ccnc1. The van der Waals surface area contributed by atoms with E-state index < -0.39 is 0 Å². The maximum absolute atomic E-state index is 5.89. The lowest BCUT2D eigenvalue weighted by molar-refractivity contribution is 0.897. The third-order valence-electron chi connectivity index (χ3n) is 1.77. The van der Waals surface area contributed by atoms with Gasteiger partial charge in [-0.3, -0.25) is 4.57 Å². The van der Waals surface area contributed by atoms with Gasteiger partial charge < -0.3 is 0 Å². The predicted octanol–water partition coefficient (Wildman–Crippen LogP) is 1.62. The summed E-state index contributed by atoms with van der Waals surface area (Å²) in [4.78, 5) is 3.92. The summed E-state index contributed by atoms with van der Waals surface area (Å²) in [6.45, 7) is 1.90. The average Bonchev–Trinajstić information content (AvgIpc) is 2.62. The Morgan fingerprint density at radius 1 is 1.46 bits per heavy atom. The molecule has 2 heterocycles. The Balaban J connectivity index is 2.59. The van der Waals surface area contributed by atoms with Crippen LogP contribution in [0.3, 0.4) is 0 Å². The third kappa shape index (κ3) is 1.40. The van der Waals surface area contributed by atoms with Gasteiger partial charge in [-0.25, -0.2) is 4.98 Å². The lowest BCUT2D eigenvalue weighted by Crippen LogP contribution is -1.99. The van der Waals surface area contributed by atoms with Crippen molar-refractivity contribution >= 4 is 11.6 Å². The van der Waals surface area contributed by atoms with Crippen LogP contribution in [0, 0.1) is 6.92 Å². The summed E-state index contributed by atoms with van der Waals surface area (Å²) in [6, 6.07) is 0. The topological polar surface area (TPSA) is 43.6 Å². The zero-order chi connectivity index (χ0) is 9.26. The van der Waals surface area contributed by atoms with Crippen molar-refractivity contribution in [1.29, 1.82) is 0 Å². The molecule has 0 spiro atoms. The molecule has 2 aromatic rings. The van der Waals surface area contributed by atoms with E-state index in [1.54, 1.807) is 23.3 Å². The molecule has 2 aromatic heterocycles. The molecule has 0 aliphatic heterocycles. The van der Waals surface area contributed by atoms with Crippen molar-refractivity contribution < 1.29 is 0 Å². The molecule has 0 radical (unpaired) electrons. The van der Waals surface area contributed by atoms with Gasteiger partial charge in [-0.05, 0) is 6.92 Å². The zero-order valence-corrected chi connectivity index (χ0v) is 7.73. The van der Waals surface area contributed by atoms with Gasteiger partial charge in [-0.15, -0.1) is 5.10 Å². The number of nitrogens with zero attached hydrogens (tertiary/aromatic N) is 4. The van der Waals surface area contributed by atoms with Crippen molar-refractivity contribution in [2.24, 2.45) is 0 Å². The van der Waals surface area contributed by atoms with E-state index >= 15 is 0 Å². The molecule has 0 amide bonds. The highest BCUT2D eigenvalue weighted by Crippen LogP contribution is 2.17. The molecule has 0 fully saturated rings. The van der Waals surface area contributed by atoms with Crippen LogP contribution in [0.4, 0.5) is 0 Å². The zero-order valence-electron chi connectivity index (χ0n) is 6.98. The molecular formula is C8H7ClN4. The number of imidazole rings is 1. The van der Waals surface area contributed by atoms with Crippen LogP contribution in [-0.2, 0) is 0 Å². The van der Waals surface area contributed by atoms with E-state index in [9.17, 15) is 0 Å². The molecule has 0 N–H and O–H groups in total. The first kappa shape index (κ1) is 8.19. The first-order chi connectivity index (χ1) is 6.29. The first-order valence-electron chi connectivity index (χ1n) is 3.75. The van der Waals surface area contributed by atoms with Crippen molar-refractivity contribution in [2.75, 3.05) is 0 Å². The molecule has 13 heavy (non-hydrogen) atoms. The van der Waals surface area contributed by atoms with Gasteiger partial charge in [0.15, 0.2) is 5.82 Å². The second-order valence-electron chi connectivity index (χ2n) is 2.61. The Morgan fingerprint density at radius 3 is 3.00 bits per heavy atom. The summed E-state index contributed by atoms with van der Waals surface area (Å²) in [6.07, 6.45) is 6.67. The number of aromatic nitrogens is 4. The average molecular weight is 195 g/mol. The Kier molecular flexibility index (Phi) is 1.98. The second kappa shape index (κ2) is 3.14. The lowest BCUT2D eigenvalue weighted by atomic mass is 10.3. The van der Waals surface area contributed by atoms with E-state index in [4.69, 9.17) is 11.6 Å². The fraction of sp³-hybridized carbons (Fsp3) is 0.125. The van der Waals surface area contributed by atoms with Gasteiger partial charge in [-0.2, -0.15) is 5.10 Å². The highest BCUT2D eigenvalue weighted by atomic mass is 35.5. The minimum Gasteiger partial charge on any atom is -0.289 e. The van der Waals surface area contributed by atoms with Crippen LogP contribution in [-0.4, -0.2) is 19.7 Å². The molecule has 0 aliphatic carbocycles. The quantitative estimate of drug-likeness (QED) is 0.693. The fourth-order valence-corrected chi connectivity index (χ4v) is 1.17. The molecule has 0 aliphatic rings. The van der Waals surface area contributed by atoms with E-state index in [2.05, 4.69) is 15.2 Å². The van der Waals surface area contributed by atoms with Crippen LogP contribution in [0.15, 0.2) is 24.9 Å². The van der Waals surface area contributed by atoms with Crippen LogP contribution in [0.25, 0.3) is 5.82 Å². The molecule has 4 nitrogen and oxygen atoms in total. The van der Waals surface area contributed by atoms with E-state index in [0.29, 0.717) is 10.8 Å². The van der Waals surface area contributed by atoms with Gasteiger partial charge >= 0.3 is 0 Å². The summed E-state index contributed by atoms with van der Waals surface area (Å²) in [5.74, 6) is 0.713. The van der Waals surface area contributed by atoms with E-state index in [0.717, 1.165) is 5.56 Å². The monoisotopic (exact) mass is 194 g/mol. The summed E-state index contributed by atoms with van der Waals surface area (Å²) >= 11 is 5.89. The lowest BCUT2D eigenvalue weighted by Gasteiger charge is -2.04. The Hall–Kier alpha value is -1.42. The third-order valence-corrected chi connectivity index (χ3v) is 2.15. The van der Waals surface area contributed by atoms with Crippen molar-refractivity contribution in [3.63, 3.8) is 0 Å². The number of halogens is 1. The van der Waals surface area contributed by atoms with Gasteiger partial charge in [0.1, 0.15) is 6.33 Å². The molecule has 2 rings (SSSR count). The summed E-state index contributed by atoms with van der Waals surface area (Å²) in [5, 5.41) is 8.35. The van der Waals surface area contributed by atoms with Crippen LogP contribution in [0.1, 0.15) is 5.56 Å². The highest BCUT2D eigenvalue weighted by molar-refractivity contribution is 6.31. The largest absolute Gasteiger partial charge is 0.289 e. The van der Waals surface area contributed by atoms with Crippen LogP contribution < -0.4 is 0 Å². The minimum absolute atomic E-state index is 0.610. The van der Waals surface area contributed by atoms with Crippen molar-refractivity contribution in [3.05, 3.63) is 35.5 Å². The van der Waals surface area contributed by atoms with Crippen LogP contribution in [0.2, 0.25) is 5.02 Å². The molecule has 0 bridgehead atoms. The molecule has 0 saturated carbocycles. The highest BCUT2D eigenvalue weighted by Gasteiger charge is 2.05. The summed E-state index contributed by atoms with van der Waals surface area (Å²) in [5.41, 5.74) is 0.898. The minimum atomic E-state index is 0.610. The van der Waals surface area contributed by atoms with Gasteiger partial charge in [0.05, 0.1) is 11.2 Å². The second-order valence-corrected chi connectivity index (χ2v) is 3.02. The Labute approximate surface area is 80.2 Å². The molecule has 5 heteroatoms. The van der Waals surface area contributed by atoms with E-state index in [-0.39, 0.29) is 0 Å². The maximum atomic E-state index is 5.89. The molecule has 0 unspecified atom stereocenters. The van der Waals surface area contributed by atoms with E-state index in [1.807, 2.05) is 6.92 Å². The fourth-order valence-electron chi connectivity index (χ4n) is 1.04. The Bertz CT molecular complexity index is 410. The molecule has 0 aromatic carbocycles. The summed E-state index contributed by atoms with van der Waals surface area (Å²) in [7, 11) is 0. The van der Waals surface area contributed by atoms with Crippen LogP contribution >= 0.6 is 11.6 Å². The van der Waals surface area contributed by atoms with Crippen molar-refractivity contribution in [2.45, 2.75) is 6.92 Å². The standard InChI is InChI=1S/C8H7ClN4/c1-6-7(9)4-11-12-8(6)13-3-2-10-5-13/h2-5H,1H3. The van der Waals surface area contributed by atoms with E-state index in [1.165, 1.54) is 6.20 Å². The van der Waals surface area contributed by atoms with Gasteiger partial charge in [-0.1, -0.05) is 11.6 Å². The van der Waals surface area contributed by atoms with Crippen molar-refractivity contribution in [3.8, 4) is 5.82 Å². The first-order valence-corrected chi connectivity index (χ1v) is 4.13. The van der Waals surface area contributed by atoms with Gasteiger partial charge in [0.2, 0.25) is 0 Å². The number of rotatable bonds is 1. The normalized spacial score (nSPS) is 10.3. The number of hydrogen-bond acceptors (Lipinski definition) is 3. The van der Waals surface area contributed by atoms with Gasteiger partial charge in [0.25, 0.3) is 0 Å². The van der Waals surface area contributed by atoms with Crippen LogP contribution in [0.5, 0.6) is 0 Å². The molecule has 0 saturated heterocycles. The predicted molar refractivity (Wildman–Crippen MR) is 48.9 cm³/mol. The number of hydrogen-bond donors (Lipinski definition) is 0. The van der Waals surface area contributed by atoms with Gasteiger partial charge in [0, 0.05) is 18.0 Å². The molecule has 66 valence electrons. The molecular weight excluding hydrogens is 188 g/mol. The smallest absolute Gasteiger partial charge is 0.164 e. The summed E-state index contributed by atoms with van der Waals surface area (Å²) < 4.78 is 1.77. The molecule has 0 atom stereocenters.